The van der Waals surface area contributed by atoms with E-state index in [1.807, 2.05) is 52.8 Å². The molecule has 0 aromatic heterocycles. The lowest BCUT2D eigenvalue weighted by Gasteiger charge is -2.42. The molecular formula is C26H43N3O4. The summed E-state index contributed by atoms with van der Waals surface area (Å²) in [5.41, 5.74) is 1.40. The molecule has 0 aliphatic carbocycles. The average Bonchev–Trinajstić information content (AvgIpc) is 2.61. The Morgan fingerprint density at radius 2 is 1.55 bits per heavy atom. The molecule has 0 saturated carbocycles. The van der Waals surface area contributed by atoms with Crippen LogP contribution in [-0.2, 0) is 14.3 Å². The zero-order chi connectivity index (χ0) is 25.6. The summed E-state index contributed by atoms with van der Waals surface area (Å²) in [7, 11) is 0. The maximum atomic E-state index is 13.7. The lowest BCUT2D eigenvalue weighted by molar-refractivity contribution is -0.148. The molecule has 7 heteroatoms. The molecular weight excluding hydrogens is 418 g/mol. The summed E-state index contributed by atoms with van der Waals surface area (Å²) in [6.45, 7) is 19.1. The number of amides is 3. The summed E-state index contributed by atoms with van der Waals surface area (Å²) in [4.78, 5) is 41.0. The highest BCUT2D eigenvalue weighted by Gasteiger charge is 2.40. The van der Waals surface area contributed by atoms with Crippen molar-refractivity contribution >= 4 is 17.9 Å². The summed E-state index contributed by atoms with van der Waals surface area (Å²) in [6, 6.07) is 4.20. The number of aryl methyl sites for hydroxylation is 2. The van der Waals surface area contributed by atoms with Crippen molar-refractivity contribution in [2.24, 2.45) is 0 Å². The second-order valence-corrected chi connectivity index (χ2v) is 10.7. The van der Waals surface area contributed by atoms with Gasteiger partial charge in [-0.05, 0) is 74.3 Å². The molecule has 1 aromatic rings. The van der Waals surface area contributed by atoms with Gasteiger partial charge in [-0.15, -0.1) is 0 Å². The zero-order valence-electron chi connectivity index (χ0n) is 22.1. The summed E-state index contributed by atoms with van der Waals surface area (Å²) in [5, 5.41) is 5.62. The molecule has 2 N–H and O–H groups in total. The minimum Gasteiger partial charge on any atom is -0.444 e. The second-order valence-electron chi connectivity index (χ2n) is 10.7. The molecule has 2 atom stereocenters. The average molecular weight is 462 g/mol. The van der Waals surface area contributed by atoms with E-state index in [0.717, 1.165) is 29.5 Å². The van der Waals surface area contributed by atoms with E-state index in [1.165, 1.54) is 0 Å². The maximum Gasteiger partial charge on any atom is 0.408 e. The van der Waals surface area contributed by atoms with Crippen molar-refractivity contribution in [2.45, 2.75) is 105 Å². The van der Waals surface area contributed by atoms with Crippen molar-refractivity contribution in [3.63, 3.8) is 0 Å². The van der Waals surface area contributed by atoms with E-state index < -0.39 is 29.3 Å². The Bertz CT molecular complexity index is 817. The monoisotopic (exact) mass is 461 g/mol. The molecule has 33 heavy (non-hydrogen) atoms. The van der Waals surface area contributed by atoms with Crippen LogP contribution in [-0.4, -0.2) is 46.5 Å². The van der Waals surface area contributed by atoms with Crippen LogP contribution in [0.1, 0.15) is 91.0 Å². The van der Waals surface area contributed by atoms with E-state index in [-0.39, 0.29) is 11.8 Å². The molecule has 0 heterocycles. The summed E-state index contributed by atoms with van der Waals surface area (Å²) in [6.07, 6.45) is 1.13. The number of benzene rings is 1. The van der Waals surface area contributed by atoms with Gasteiger partial charge in [0.25, 0.3) is 0 Å². The smallest absolute Gasteiger partial charge is 0.408 e. The van der Waals surface area contributed by atoms with E-state index in [9.17, 15) is 14.4 Å². The highest BCUT2D eigenvalue weighted by Crippen LogP contribution is 2.31. The maximum absolute atomic E-state index is 13.7. The molecule has 186 valence electrons. The first-order valence-electron chi connectivity index (χ1n) is 11.8. The lowest BCUT2D eigenvalue weighted by Crippen LogP contribution is -2.58. The molecule has 0 bridgehead atoms. The van der Waals surface area contributed by atoms with Crippen LogP contribution in [0.2, 0.25) is 0 Å². The third kappa shape index (κ3) is 9.06. The highest BCUT2D eigenvalue weighted by molar-refractivity contribution is 5.92. The van der Waals surface area contributed by atoms with Crippen molar-refractivity contribution in [3.05, 3.63) is 34.9 Å². The van der Waals surface area contributed by atoms with Crippen molar-refractivity contribution in [2.75, 3.05) is 6.54 Å². The number of nitrogens with one attached hydrogen (secondary N) is 2. The Morgan fingerprint density at radius 3 is 2.00 bits per heavy atom. The van der Waals surface area contributed by atoms with Crippen LogP contribution in [0.25, 0.3) is 0 Å². The Kier molecular flexibility index (Phi) is 9.94. The van der Waals surface area contributed by atoms with Gasteiger partial charge in [-0.1, -0.05) is 42.7 Å². The number of rotatable bonds is 8. The number of carbonyl (C=O) groups is 3. The SMILES string of the molecule is CCCCNC(=O)C(c1cc(C)cc(C)c1)N(C(=O)C(C)NC(=O)OC(C)(C)C)C(C)(C)C. The minimum absolute atomic E-state index is 0.235. The first kappa shape index (κ1) is 28.5. The predicted molar refractivity (Wildman–Crippen MR) is 132 cm³/mol. The molecule has 3 amide bonds. The highest BCUT2D eigenvalue weighted by atomic mass is 16.6. The fraction of sp³-hybridized carbons (Fsp3) is 0.654. The summed E-state index contributed by atoms with van der Waals surface area (Å²) < 4.78 is 5.31. The van der Waals surface area contributed by atoms with Gasteiger partial charge in [-0.25, -0.2) is 4.79 Å². The van der Waals surface area contributed by atoms with Gasteiger partial charge >= 0.3 is 6.09 Å². The molecule has 0 aliphatic rings. The van der Waals surface area contributed by atoms with E-state index in [2.05, 4.69) is 17.6 Å². The van der Waals surface area contributed by atoms with Gasteiger partial charge in [0.15, 0.2) is 0 Å². The summed E-state index contributed by atoms with van der Waals surface area (Å²) in [5.74, 6) is -0.593. The Hall–Kier alpha value is -2.57. The number of hydrogen-bond donors (Lipinski definition) is 2. The van der Waals surface area contributed by atoms with Gasteiger partial charge in [0, 0.05) is 12.1 Å². The largest absolute Gasteiger partial charge is 0.444 e. The third-order valence-corrected chi connectivity index (χ3v) is 4.96. The Balaban J connectivity index is 3.40. The van der Waals surface area contributed by atoms with E-state index in [0.29, 0.717) is 6.54 Å². The fourth-order valence-electron chi connectivity index (χ4n) is 3.67. The van der Waals surface area contributed by atoms with Crippen molar-refractivity contribution < 1.29 is 19.1 Å². The Labute approximate surface area is 199 Å². The van der Waals surface area contributed by atoms with Crippen LogP contribution in [0, 0.1) is 13.8 Å². The molecule has 0 fully saturated rings. The predicted octanol–water partition coefficient (Wildman–Crippen LogP) is 4.80. The molecule has 0 aliphatic heterocycles. The molecule has 2 unspecified atom stereocenters. The standard InChI is InChI=1S/C26H43N3O4/c1-11-12-13-27-22(30)21(20-15-17(2)14-18(3)16-20)29(25(5,6)7)23(31)19(4)28-24(32)33-26(8,9)10/h14-16,19,21H,11-13H2,1-10H3,(H,27,30)(H,28,32). The number of ether oxygens (including phenoxy) is 1. The third-order valence-electron chi connectivity index (χ3n) is 4.96. The number of nitrogens with zero attached hydrogens (tertiary/aromatic N) is 1. The molecule has 0 saturated heterocycles. The van der Waals surface area contributed by atoms with Gasteiger partial charge in [0.2, 0.25) is 11.8 Å². The first-order chi connectivity index (χ1) is 15.1. The van der Waals surface area contributed by atoms with Crippen LogP contribution >= 0.6 is 0 Å². The van der Waals surface area contributed by atoms with Crippen molar-refractivity contribution in [3.8, 4) is 0 Å². The number of hydrogen-bond acceptors (Lipinski definition) is 4. The molecule has 1 rings (SSSR count). The van der Waals surface area contributed by atoms with E-state index in [4.69, 9.17) is 4.74 Å². The van der Waals surface area contributed by atoms with Gasteiger partial charge in [0.05, 0.1) is 0 Å². The normalized spacial score (nSPS) is 13.6. The van der Waals surface area contributed by atoms with Crippen LogP contribution in [0.4, 0.5) is 4.79 Å². The van der Waals surface area contributed by atoms with Gasteiger partial charge in [-0.3, -0.25) is 9.59 Å². The van der Waals surface area contributed by atoms with Crippen LogP contribution < -0.4 is 10.6 Å². The fourth-order valence-corrected chi connectivity index (χ4v) is 3.67. The number of unbranched alkanes of at least 4 members (excludes halogenated alkanes) is 1. The van der Waals surface area contributed by atoms with Crippen LogP contribution in [0.15, 0.2) is 18.2 Å². The van der Waals surface area contributed by atoms with Gasteiger partial charge in [0.1, 0.15) is 17.7 Å². The van der Waals surface area contributed by atoms with Gasteiger partial charge in [-0.2, -0.15) is 0 Å². The molecule has 0 spiro atoms. The first-order valence-corrected chi connectivity index (χ1v) is 11.8. The molecule has 0 radical (unpaired) electrons. The quantitative estimate of drug-likeness (QED) is 0.544. The van der Waals surface area contributed by atoms with E-state index in [1.54, 1.807) is 32.6 Å². The lowest BCUT2D eigenvalue weighted by atomic mass is 9.93. The zero-order valence-corrected chi connectivity index (χ0v) is 22.1. The number of carbonyl (C=O) groups excluding carboxylic acids is 3. The van der Waals surface area contributed by atoms with Crippen LogP contribution in [0.3, 0.4) is 0 Å². The minimum atomic E-state index is -0.879. The summed E-state index contributed by atoms with van der Waals surface area (Å²) >= 11 is 0. The van der Waals surface area contributed by atoms with Crippen molar-refractivity contribution in [1.29, 1.82) is 0 Å². The Morgan fingerprint density at radius 1 is 1.00 bits per heavy atom. The van der Waals surface area contributed by atoms with E-state index >= 15 is 0 Å². The topological polar surface area (TPSA) is 87.7 Å². The van der Waals surface area contributed by atoms with Gasteiger partial charge < -0.3 is 20.3 Å². The van der Waals surface area contributed by atoms with Crippen molar-refractivity contribution in [1.82, 2.24) is 15.5 Å². The second kappa shape index (κ2) is 11.5. The molecule has 1 aromatic carbocycles. The van der Waals surface area contributed by atoms with Crippen LogP contribution in [0.5, 0.6) is 0 Å². The molecule has 7 nitrogen and oxygen atoms in total. The number of alkyl carbamates (subject to hydrolysis) is 1.